The molecule has 1 fully saturated rings. The normalized spacial score (nSPS) is 17.7. The molecule has 1 spiro atoms. The lowest BCUT2D eigenvalue weighted by atomic mass is 9.88. The van der Waals surface area contributed by atoms with E-state index in [9.17, 15) is 4.79 Å². The molecule has 2 heterocycles. The molecule has 0 aromatic heterocycles. The van der Waals surface area contributed by atoms with Gasteiger partial charge in [0.2, 0.25) is 0 Å². The summed E-state index contributed by atoms with van der Waals surface area (Å²) in [4.78, 5) is 14.1. The molecule has 0 N–H and O–H groups in total. The van der Waals surface area contributed by atoms with Crippen molar-refractivity contribution in [2.24, 2.45) is 0 Å². The predicted octanol–water partition coefficient (Wildman–Crippen LogP) is 4.26. The van der Waals surface area contributed by atoms with Crippen LogP contribution in [0.4, 0.5) is 4.79 Å². The van der Waals surface area contributed by atoms with E-state index >= 15 is 0 Å². The molecular formula is C21H21NO3. The van der Waals surface area contributed by atoms with Gasteiger partial charge < -0.3 is 14.4 Å². The SMILES string of the molecule is O=C(OCc1ccccc1)N1CCC2(C=Cc3ccccc3O2)CC1. The van der Waals surface area contributed by atoms with Crippen molar-refractivity contribution in [2.45, 2.75) is 25.0 Å². The number of hydrogen-bond acceptors (Lipinski definition) is 3. The van der Waals surface area contributed by atoms with Gasteiger partial charge in [-0.15, -0.1) is 0 Å². The average Bonchev–Trinajstić information content (AvgIpc) is 2.67. The summed E-state index contributed by atoms with van der Waals surface area (Å²) >= 11 is 0. The monoisotopic (exact) mass is 335 g/mol. The molecule has 0 aliphatic carbocycles. The van der Waals surface area contributed by atoms with Gasteiger partial charge in [0.1, 0.15) is 18.0 Å². The lowest BCUT2D eigenvalue weighted by molar-refractivity contribution is 0.0289. The van der Waals surface area contributed by atoms with Gasteiger partial charge in [0.05, 0.1) is 0 Å². The number of carbonyl (C=O) groups is 1. The molecule has 0 atom stereocenters. The standard InChI is InChI=1S/C21H21NO3/c23-20(24-16-17-6-2-1-3-7-17)22-14-12-21(13-15-22)11-10-18-8-4-5-9-19(18)25-21/h1-11H,12-16H2. The Balaban J connectivity index is 1.33. The van der Waals surface area contributed by atoms with Crippen LogP contribution in [0.5, 0.6) is 5.75 Å². The van der Waals surface area contributed by atoms with E-state index in [0.717, 1.165) is 29.7 Å². The molecule has 4 nitrogen and oxygen atoms in total. The van der Waals surface area contributed by atoms with Crippen molar-refractivity contribution in [2.75, 3.05) is 13.1 Å². The van der Waals surface area contributed by atoms with Gasteiger partial charge in [-0.05, 0) is 17.7 Å². The van der Waals surface area contributed by atoms with Crippen LogP contribution in [0.15, 0.2) is 60.7 Å². The first-order chi connectivity index (χ1) is 12.2. The number of benzene rings is 2. The zero-order valence-corrected chi connectivity index (χ0v) is 14.1. The van der Waals surface area contributed by atoms with E-state index in [0.29, 0.717) is 19.7 Å². The van der Waals surface area contributed by atoms with E-state index in [1.165, 1.54) is 0 Å². The van der Waals surface area contributed by atoms with Crippen molar-refractivity contribution in [1.82, 2.24) is 4.90 Å². The maximum Gasteiger partial charge on any atom is 0.410 e. The van der Waals surface area contributed by atoms with E-state index in [4.69, 9.17) is 9.47 Å². The summed E-state index contributed by atoms with van der Waals surface area (Å²) in [6, 6.07) is 17.8. The molecule has 2 aromatic rings. The topological polar surface area (TPSA) is 38.8 Å². The molecule has 25 heavy (non-hydrogen) atoms. The maximum atomic E-state index is 12.3. The average molecular weight is 335 g/mol. The highest BCUT2D eigenvalue weighted by Crippen LogP contribution is 2.36. The Morgan fingerprint density at radius 3 is 2.56 bits per heavy atom. The van der Waals surface area contributed by atoms with Crippen molar-refractivity contribution in [3.05, 3.63) is 71.8 Å². The van der Waals surface area contributed by atoms with Crippen molar-refractivity contribution in [1.29, 1.82) is 0 Å². The van der Waals surface area contributed by atoms with Gasteiger partial charge in [-0.25, -0.2) is 4.79 Å². The van der Waals surface area contributed by atoms with Crippen LogP contribution in [0.25, 0.3) is 6.08 Å². The molecule has 0 saturated carbocycles. The summed E-state index contributed by atoms with van der Waals surface area (Å²) < 4.78 is 11.7. The van der Waals surface area contributed by atoms with Crippen LogP contribution in [0, 0.1) is 0 Å². The zero-order chi connectivity index (χ0) is 17.1. The number of piperidine rings is 1. The fourth-order valence-corrected chi connectivity index (χ4v) is 3.35. The molecule has 0 bridgehead atoms. The highest BCUT2D eigenvalue weighted by atomic mass is 16.6. The highest BCUT2D eigenvalue weighted by Gasteiger charge is 2.38. The minimum absolute atomic E-state index is 0.251. The van der Waals surface area contributed by atoms with E-state index < -0.39 is 0 Å². The van der Waals surface area contributed by atoms with Gasteiger partial charge in [-0.3, -0.25) is 0 Å². The van der Waals surface area contributed by atoms with Crippen LogP contribution in [0.2, 0.25) is 0 Å². The summed E-state index contributed by atoms with van der Waals surface area (Å²) in [6.45, 7) is 1.59. The second-order valence-corrected chi connectivity index (χ2v) is 6.57. The smallest absolute Gasteiger partial charge is 0.410 e. The highest BCUT2D eigenvalue weighted by molar-refractivity contribution is 5.68. The van der Waals surface area contributed by atoms with Gasteiger partial charge in [0.15, 0.2) is 0 Å². The molecule has 0 radical (unpaired) electrons. The largest absolute Gasteiger partial charge is 0.482 e. The number of para-hydroxylation sites is 1. The summed E-state index contributed by atoms with van der Waals surface area (Å²) in [6.07, 6.45) is 5.57. The number of nitrogens with zero attached hydrogens (tertiary/aromatic N) is 1. The molecule has 0 unspecified atom stereocenters. The second kappa shape index (κ2) is 6.63. The molecule has 1 saturated heterocycles. The number of amides is 1. The van der Waals surface area contributed by atoms with Gasteiger partial charge in [0.25, 0.3) is 0 Å². The van der Waals surface area contributed by atoms with Gasteiger partial charge in [-0.2, -0.15) is 0 Å². The molecule has 2 aliphatic rings. The van der Waals surface area contributed by atoms with Crippen LogP contribution in [0.1, 0.15) is 24.0 Å². The fourth-order valence-electron chi connectivity index (χ4n) is 3.35. The minimum Gasteiger partial charge on any atom is -0.482 e. The Morgan fingerprint density at radius 1 is 1.04 bits per heavy atom. The number of carbonyl (C=O) groups excluding carboxylic acids is 1. The van der Waals surface area contributed by atoms with Crippen LogP contribution >= 0.6 is 0 Å². The summed E-state index contributed by atoms with van der Waals surface area (Å²) in [5, 5.41) is 0. The van der Waals surface area contributed by atoms with E-state index in [1.807, 2.05) is 48.5 Å². The Bertz CT molecular complexity index is 777. The van der Waals surface area contributed by atoms with Crippen molar-refractivity contribution >= 4 is 12.2 Å². The Morgan fingerprint density at radius 2 is 1.76 bits per heavy atom. The molecule has 2 aromatic carbocycles. The summed E-state index contributed by atoms with van der Waals surface area (Å²) in [5.74, 6) is 0.921. The fraction of sp³-hybridized carbons (Fsp3) is 0.286. The Kier molecular flexibility index (Phi) is 4.18. The van der Waals surface area contributed by atoms with Crippen LogP contribution < -0.4 is 4.74 Å². The quantitative estimate of drug-likeness (QED) is 0.823. The number of hydrogen-bond donors (Lipinski definition) is 0. The van der Waals surface area contributed by atoms with Gasteiger partial charge >= 0.3 is 6.09 Å². The molecule has 1 amide bonds. The van der Waals surface area contributed by atoms with Gasteiger partial charge in [0, 0.05) is 31.5 Å². The van der Waals surface area contributed by atoms with Crippen LogP contribution in [-0.4, -0.2) is 29.7 Å². The second-order valence-electron chi connectivity index (χ2n) is 6.57. The lowest BCUT2D eigenvalue weighted by Crippen LogP contribution is -2.49. The Labute approximate surface area is 147 Å². The van der Waals surface area contributed by atoms with Gasteiger partial charge in [-0.1, -0.05) is 54.6 Å². The zero-order valence-electron chi connectivity index (χ0n) is 14.1. The van der Waals surface area contributed by atoms with E-state index in [-0.39, 0.29) is 11.7 Å². The molecule has 2 aliphatic heterocycles. The third-order valence-electron chi connectivity index (χ3n) is 4.87. The predicted molar refractivity (Wildman–Crippen MR) is 96.3 cm³/mol. The van der Waals surface area contributed by atoms with Crippen LogP contribution in [0.3, 0.4) is 0 Å². The Hall–Kier alpha value is -2.75. The van der Waals surface area contributed by atoms with E-state index in [1.54, 1.807) is 4.90 Å². The molecule has 4 rings (SSSR count). The first-order valence-electron chi connectivity index (χ1n) is 8.67. The van der Waals surface area contributed by atoms with Crippen molar-refractivity contribution in [3.63, 3.8) is 0 Å². The first-order valence-corrected chi connectivity index (χ1v) is 8.67. The van der Waals surface area contributed by atoms with Crippen molar-refractivity contribution in [3.8, 4) is 5.75 Å². The minimum atomic E-state index is -0.301. The molecule has 128 valence electrons. The van der Waals surface area contributed by atoms with Crippen molar-refractivity contribution < 1.29 is 14.3 Å². The number of ether oxygens (including phenoxy) is 2. The third kappa shape index (κ3) is 3.38. The first kappa shape index (κ1) is 15.8. The lowest BCUT2D eigenvalue weighted by Gasteiger charge is -2.41. The maximum absolute atomic E-state index is 12.3. The summed E-state index contributed by atoms with van der Waals surface area (Å²) in [5.41, 5.74) is 1.81. The number of rotatable bonds is 2. The number of fused-ring (bicyclic) bond motifs is 1. The van der Waals surface area contributed by atoms with E-state index in [2.05, 4.69) is 18.2 Å². The third-order valence-corrected chi connectivity index (χ3v) is 4.87. The number of likely N-dealkylation sites (tertiary alicyclic amines) is 1. The molecule has 4 heteroatoms. The molecular weight excluding hydrogens is 314 g/mol. The van der Waals surface area contributed by atoms with Crippen LogP contribution in [-0.2, 0) is 11.3 Å². The summed E-state index contributed by atoms with van der Waals surface area (Å²) in [7, 11) is 0.